The van der Waals surface area contributed by atoms with Gasteiger partial charge in [0.05, 0.1) is 6.61 Å². The van der Waals surface area contributed by atoms with Crippen molar-refractivity contribution in [2.45, 2.75) is 18.8 Å². The number of hydrogen-bond donors (Lipinski definition) is 0. The number of carbonyl (C=O) groups is 1. The summed E-state index contributed by atoms with van der Waals surface area (Å²) in [5, 5.41) is 0.249. The van der Waals surface area contributed by atoms with Gasteiger partial charge in [0, 0.05) is 10.6 Å². The van der Waals surface area contributed by atoms with E-state index in [0.717, 1.165) is 0 Å². The molecule has 1 aromatic carbocycles. The van der Waals surface area contributed by atoms with Crippen LogP contribution in [0.15, 0.2) is 39.2 Å². The monoisotopic (exact) mass is 453 g/mol. The number of esters is 1. The van der Waals surface area contributed by atoms with Crippen molar-refractivity contribution in [3.05, 3.63) is 34.9 Å². The van der Waals surface area contributed by atoms with E-state index in [2.05, 4.69) is 19.7 Å². The molecule has 12 heteroatoms. The Morgan fingerprint density at radius 1 is 1.32 bits per heavy atom. The summed E-state index contributed by atoms with van der Waals surface area (Å²) in [4.78, 5) is 23.1. The molecular formula is C16H15ClF3N3O3S2. The average Bonchev–Trinajstić information content (AvgIpc) is 2.65. The van der Waals surface area contributed by atoms with Crippen molar-refractivity contribution < 1.29 is 27.4 Å². The number of carbonyl (C=O) groups excluding carboxylic acids is 1. The minimum Gasteiger partial charge on any atom is -0.462 e. The molecule has 0 bridgehead atoms. The zero-order valence-corrected chi connectivity index (χ0v) is 17.3. The van der Waals surface area contributed by atoms with E-state index < -0.39 is 29.7 Å². The molecular weight excluding hydrogens is 439 g/mol. The van der Waals surface area contributed by atoms with Crippen LogP contribution in [-0.2, 0) is 14.3 Å². The van der Waals surface area contributed by atoms with E-state index in [9.17, 15) is 18.0 Å². The van der Waals surface area contributed by atoms with Crippen molar-refractivity contribution in [1.29, 1.82) is 0 Å². The molecule has 0 radical (unpaired) electrons. The number of halogens is 4. The van der Waals surface area contributed by atoms with Crippen LogP contribution < -0.4 is 0 Å². The van der Waals surface area contributed by atoms with E-state index in [1.807, 2.05) is 0 Å². The maximum absolute atomic E-state index is 14.0. The first-order valence-electron chi connectivity index (χ1n) is 7.71. The van der Waals surface area contributed by atoms with Crippen LogP contribution in [0.1, 0.15) is 12.5 Å². The van der Waals surface area contributed by atoms with E-state index >= 15 is 0 Å². The lowest BCUT2D eigenvalue weighted by Gasteiger charge is -2.29. The van der Waals surface area contributed by atoms with Gasteiger partial charge in [0.1, 0.15) is 4.38 Å². The Balaban J connectivity index is 2.71. The Bertz CT molecular complexity index is 840. The maximum atomic E-state index is 14.0. The molecule has 1 heterocycles. The van der Waals surface area contributed by atoms with E-state index in [-0.39, 0.29) is 17.2 Å². The van der Waals surface area contributed by atoms with Gasteiger partial charge >= 0.3 is 23.8 Å². The van der Waals surface area contributed by atoms with Gasteiger partial charge in [-0.2, -0.15) is 28.1 Å². The molecule has 6 nitrogen and oxygen atoms in total. The molecule has 0 aliphatic carbocycles. The molecule has 1 aliphatic rings. The first kappa shape index (κ1) is 22.6. The molecule has 1 aliphatic heterocycles. The molecule has 1 atom stereocenters. The minimum atomic E-state index is -5.19. The normalized spacial score (nSPS) is 19.2. The Morgan fingerprint density at radius 3 is 2.54 bits per heavy atom. The van der Waals surface area contributed by atoms with Crippen molar-refractivity contribution in [1.82, 2.24) is 0 Å². The average molecular weight is 454 g/mol. The summed E-state index contributed by atoms with van der Waals surface area (Å²) in [7, 11) is 0. The highest BCUT2D eigenvalue weighted by Gasteiger charge is 2.65. The zero-order chi connectivity index (χ0) is 20.9. The molecule has 0 saturated carbocycles. The third-order valence-corrected chi connectivity index (χ3v) is 5.39. The van der Waals surface area contributed by atoms with Crippen molar-refractivity contribution in [3.63, 3.8) is 0 Å². The fourth-order valence-electron chi connectivity index (χ4n) is 2.05. The van der Waals surface area contributed by atoms with Gasteiger partial charge in [0.15, 0.2) is 0 Å². The topological polar surface area (TPSA) is 72.6 Å². The van der Waals surface area contributed by atoms with Gasteiger partial charge < -0.3 is 9.47 Å². The summed E-state index contributed by atoms with van der Waals surface area (Å²) < 4.78 is 52.2. The van der Waals surface area contributed by atoms with E-state index in [0.29, 0.717) is 4.38 Å². The molecule has 0 N–H and O–H groups in total. The maximum Gasteiger partial charge on any atom is 0.446 e. The molecule has 0 aromatic heterocycles. The molecule has 1 aromatic rings. The van der Waals surface area contributed by atoms with Crippen LogP contribution in [0.4, 0.5) is 13.2 Å². The summed E-state index contributed by atoms with van der Waals surface area (Å²) >= 11 is 8.28. The molecule has 0 spiro atoms. The number of amidine groups is 1. The summed E-state index contributed by atoms with van der Waals surface area (Å²) in [5.41, 5.74) is -3.40. The predicted octanol–water partition coefficient (Wildman–Crippen LogP) is 4.38. The first-order chi connectivity index (χ1) is 13.2. The van der Waals surface area contributed by atoms with Gasteiger partial charge in [-0.1, -0.05) is 17.7 Å². The fourth-order valence-corrected chi connectivity index (χ4v) is 3.25. The largest absolute Gasteiger partial charge is 0.462 e. The number of rotatable bonds is 3. The number of ether oxygens (including phenoxy) is 2. The van der Waals surface area contributed by atoms with E-state index in [1.165, 1.54) is 54.7 Å². The quantitative estimate of drug-likeness (QED) is 0.386. The van der Waals surface area contributed by atoms with Gasteiger partial charge in [-0.3, -0.25) is 0 Å². The minimum absolute atomic E-state index is 0.128. The van der Waals surface area contributed by atoms with Crippen LogP contribution in [-0.4, -0.2) is 53.2 Å². The smallest absolute Gasteiger partial charge is 0.446 e. The lowest BCUT2D eigenvalue weighted by atomic mass is 10.1. The van der Waals surface area contributed by atoms with Crippen LogP contribution >= 0.6 is 35.1 Å². The van der Waals surface area contributed by atoms with Crippen molar-refractivity contribution >= 4 is 57.4 Å². The predicted molar refractivity (Wildman–Crippen MR) is 106 cm³/mol. The second-order valence-electron chi connectivity index (χ2n) is 5.10. The second-order valence-corrected chi connectivity index (χ2v) is 7.38. The van der Waals surface area contributed by atoms with Crippen molar-refractivity contribution in [3.8, 4) is 0 Å². The van der Waals surface area contributed by atoms with Gasteiger partial charge in [0.2, 0.25) is 5.90 Å². The van der Waals surface area contributed by atoms with Crippen LogP contribution in [0.3, 0.4) is 0 Å². The number of nitrogens with zero attached hydrogens (tertiary/aromatic N) is 3. The highest BCUT2D eigenvalue weighted by molar-refractivity contribution is 8.38. The molecule has 2 rings (SSSR count). The summed E-state index contributed by atoms with van der Waals surface area (Å²) in [6.07, 6.45) is -1.81. The summed E-state index contributed by atoms with van der Waals surface area (Å²) in [6, 6.07) is 5.17. The zero-order valence-electron chi connectivity index (χ0n) is 14.9. The summed E-state index contributed by atoms with van der Waals surface area (Å²) in [5.74, 6) is -2.17. The van der Waals surface area contributed by atoms with Crippen LogP contribution in [0.5, 0.6) is 0 Å². The van der Waals surface area contributed by atoms with Gasteiger partial charge in [0.25, 0.3) is 0 Å². The van der Waals surface area contributed by atoms with Crippen LogP contribution in [0.25, 0.3) is 0 Å². The second kappa shape index (κ2) is 9.19. The Labute approximate surface area is 172 Å². The molecule has 0 unspecified atom stereocenters. The van der Waals surface area contributed by atoms with E-state index in [4.69, 9.17) is 16.3 Å². The van der Waals surface area contributed by atoms with E-state index in [1.54, 1.807) is 12.5 Å². The molecule has 0 fully saturated rings. The SMILES string of the molecule is CCOC(=O)[C@]1(C(F)(F)F)N=C(N=C(SC)SC)OC(c2cccc(Cl)c2)=N1. The number of benzene rings is 1. The highest BCUT2D eigenvalue weighted by Crippen LogP contribution is 2.39. The molecule has 0 saturated heterocycles. The number of hydrogen-bond acceptors (Lipinski definition) is 8. The van der Waals surface area contributed by atoms with Crippen LogP contribution in [0.2, 0.25) is 5.02 Å². The lowest BCUT2D eigenvalue weighted by Crippen LogP contribution is -2.53. The van der Waals surface area contributed by atoms with Gasteiger partial charge in [-0.05, 0) is 37.6 Å². The lowest BCUT2D eigenvalue weighted by molar-refractivity contribution is -0.204. The first-order valence-corrected chi connectivity index (χ1v) is 10.5. The standard InChI is InChI=1S/C16H15ClF3N3O3S2/c1-4-25-12(24)15(16(18,19)20)22-11(9-6-5-7-10(17)8-9)26-13(23-15)21-14(27-2)28-3/h5-8H,4H2,1-3H3/t15-/m1/s1. The fraction of sp³-hybridized carbons (Fsp3) is 0.375. The number of aliphatic imine (C=N–C) groups is 3. The molecule has 152 valence electrons. The number of thioether (sulfide) groups is 2. The van der Waals surface area contributed by atoms with Gasteiger partial charge in [-0.15, -0.1) is 23.5 Å². The highest BCUT2D eigenvalue weighted by atomic mass is 35.5. The van der Waals surface area contributed by atoms with Crippen LogP contribution in [0, 0.1) is 0 Å². The number of alkyl halides is 3. The molecule has 28 heavy (non-hydrogen) atoms. The Morgan fingerprint density at radius 2 is 2.00 bits per heavy atom. The summed E-state index contributed by atoms with van der Waals surface area (Å²) in [6.45, 7) is 1.10. The Kier molecular flexibility index (Phi) is 7.40. The van der Waals surface area contributed by atoms with Crippen molar-refractivity contribution in [2.24, 2.45) is 15.0 Å². The third-order valence-electron chi connectivity index (χ3n) is 3.27. The third kappa shape index (κ3) is 4.81. The van der Waals surface area contributed by atoms with Gasteiger partial charge in [-0.25, -0.2) is 4.79 Å². The Hall–Kier alpha value is -1.72. The molecule has 0 amide bonds. The van der Waals surface area contributed by atoms with Crippen molar-refractivity contribution in [2.75, 3.05) is 19.1 Å².